The number of hydrogen-bond donors (Lipinski definition) is 1. The molecule has 0 saturated heterocycles. The van der Waals surface area contributed by atoms with Crippen LogP contribution >= 0.6 is 0 Å². The molecule has 0 radical (unpaired) electrons. The molecule has 2 N–H and O–H groups in total. The number of hydrogen-bond acceptors (Lipinski definition) is 7. The number of nitrogen functional groups attached to an aromatic ring is 1. The Morgan fingerprint density at radius 1 is 1.34 bits per heavy atom. The minimum Gasteiger partial charge on any atom is -0.450 e. The Kier molecular flexibility index (Phi) is 4.83. The van der Waals surface area contributed by atoms with E-state index in [-0.39, 0.29) is 24.0 Å². The van der Waals surface area contributed by atoms with E-state index in [0.29, 0.717) is 36.8 Å². The molecule has 1 aliphatic heterocycles. The maximum Gasteiger partial charge on any atom is 0.410 e. The second-order valence-corrected chi connectivity index (χ2v) is 6.47. The normalized spacial score (nSPS) is 12.9. The predicted molar refractivity (Wildman–Crippen MR) is 105 cm³/mol. The van der Waals surface area contributed by atoms with Gasteiger partial charge in [0.1, 0.15) is 17.5 Å². The lowest BCUT2D eigenvalue weighted by Gasteiger charge is -2.30. The number of anilines is 1. The minimum absolute atomic E-state index is 0.174. The number of nitrogens with two attached hydrogens (primary N) is 1. The molecule has 0 aromatic carbocycles. The molecule has 0 fully saturated rings. The number of pyridine rings is 1. The van der Waals surface area contributed by atoms with Gasteiger partial charge in [0, 0.05) is 42.7 Å². The Bertz CT molecular complexity index is 1100. The lowest BCUT2D eigenvalue weighted by atomic mass is 9.94. The number of amides is 1. The Morgan fingerprint density at radius 3 is 2.86 bits per heavy atom. The molecule has 3 aromatic rings. The molecule has 9 nitrogen and oxygen atoms in total. The highest BCUT2D eigenvalue weighted by atomic mass is 16.6. The fourth-order valence-electron chi connectivity index (χ4n) is 3.52. The number of rotatable bonds is 3. The van der Waals surface area contributed by atoms with Crippen LogP contribution in [0.25, 0.3) is 17.2 Å². The van der Waals surface area contributed by atoms with Gasteiger partial charge in [-0.1, -0.05) is 0 Å². The molecule has 0 atom stereocenters. The summed E-state index contributed by atoms with van der Waals surface area (Å²) in [5.74, 6) is 0.645. The molecule has 4 rings (SSSR count). The quantitative estimate of drug-likeness (QED) is 0.729. The Balaban J connectivity index is 1.89. The zero-order valence-electron chi connectivity index (χ0n) is 15.9. The van der Waals surface area contributed by atoms with E-state index in [9.17, 15) is 10.1 Å². The van der Waals surface area contributed by atoms with Crippen molar-refractivity contribution in [3.05, 3.63) is 53.6 Å². The van der Waals surface area contributed by atoms with Crippen LogP contribution in [0.1, 0.15) is 23.7 Å². The largest absolute Gasteiger partial charge is 0.450 e. The summed E-state index contributed by atoms with van der Waals surface area (Å²) in [6.45, 7) is 2.83. The summed E-state index contributed by atoms with van der Waals surface area (Å²) in [4.78, 5) is 26.9. The number of carbonyl (C=O) groups is 1. The van der Waals surface area contributed by atoms with Gasteiger partial charge < -0.3 is 15.4 Å². The highest BCUT2D eigenvalue weighted by Gasteiger charge is 2.29. The van der Waals surface area contributed by atoms with E-state index in [1.807, 2.05) is 18.3 Å². The van der Waals surface area contributed by atoms with Crippen LogP contribution in [-0.4, -0.2) is 43.7 Å². The molecular weight excluding hydrogens is 370 g/mol. The van der Waals surface area contributed by atoms with Crippen LogP contribution < -0.4 is 5.73 Å². The molecule has 29 heavy (non-hydrogen) atoms. The van der Waals surface area contributed by atoms with Gasteiger partial charge in [0.15, 0.2) is 0 Å². The molecule has 0 unspecified atom stereocenters. The van der Waals surface area contributed by atoms with Gasteiger partial charge in [-0.3, -0.25) is 4.57 Å². The van der Waals surface area contributed by atoms with E-state index in [4.69, 9.17) is 10.5 Å². The molecule has 0 bridgehead atoms. The molecule has 1 amide bonds. The van der Waals surface area contributed by atoms with Gasteiger partial charge in [-0.15, -0.1) is 0 Å². The SMILES string of the molecule is CCOC(=O)N1CCc2nc(N)c(C#N)c(-c3cccn3-c3ncccn3)c2C1. The van der Waals surface area contributed by atoms with Crippen LogP contribution in [0.5, 0.6) is 0 Å². The fourth-order valence-corrected chi connectivity index (χ4v) is 3.52. The summed E-state index contributed by atoms with van der Waals surface area (Å²) in [6, 6.07) is 7.63. The topological polar surface area (TPSA) is 123 Å². The average molecular weight is 389 g/mol. The summed E-state index contributed by atoms with van der Waals surface area (Å²) in [7, 11) is 0. The molecule has 3 aromatic heterocycles. The second kappa shape index (κ2) is 7.59. The zero-order chi connectivity index (χ0) is 20.4. The van der Waals surface area contributed by atoms with Crippen molar-refractivity contribution in [2.75, 3.05) is 18.9 Å². The predicted octanol–water partition coefficient (Wildman–Crippen LogP) is 2.30. The monoisotopic (exact) mass is 389 g/mol. The fraction of sp³-hybridized carbons (Fsp3) is 0.250. The Morgan fingerprint density at radius 2 is 2.14 bits per heavy atom. The van der Waals surface area contributed by atoms with Gasteiger partial charge in [0.2, 0.25) is 5.95 Å². The summed E-state index contributed by atoms with van der Waals surface area (Å²) in [5.41, 5.74) is 9.29. The van der Waals surface area contributed by atoms with E-state index >= 15 is 0 Å². The maximum atomic E-state index is 12.3. The van der Waals surface area contributed by atoms with Crippen molar-refractivity contribution in [1.29, 1.82) is 5.26 Å². The second-order valence-electron chi connectivity index (χ2n) is 6.47. The molecule has 0 saturated carbocycles. The van der Waals surface area contributed by atoms with Gasteiger partial charge in [0.05, 0.1) is 24.5 Å². The zero-order valence-corrected chi connectivity index (χ0v) is 15.9. The van der Waals surface area contributed by atoms with Crippen molar-refractivity contribution in [1.82, 2.24) is 24.4 Å². The maximum absolute atomic E-state index is 12.3. The van der Waals surface area contributed by atoms with Gasteiger partial charge in [-0.2, -0.15) is 5.26 Å². The molecular formula is C20H19N7O2. The lowest BCUT2D eigenvalue weighted by Crippen LogP contribution is -2.37. The van der Waals surface area contributed by atoms with Crippen LogP contribution in [0, 0.1) is 11.3 Å². The van der Waals surface area contributed by atoms with E-state index in [1.54, 1.807) is 34.9 Å². The average Bonchev–Trinajstić information content (AvgIpc) is 3.22. The van der Waals surface area contributed by atoms with Crippen LogP contribution in [0.3, 0.4) is 0 Å². The van der Waals surface area contributed by atoms with Crippen molar-refractivity contribution in [2.45, 2.75) is 19.9 Å². The third-order valence-corrected chi connectivity index (χ3v) is 4.79. The number of nitrogens with zero attached hydrogens (tertiary/aromatic N) is 6. The summed E-state index contributed by atoms with van der Waals surface area (Å²) in [6.07, 6.45) is 5.26. The first-order valence-corrected chi connectivity index (χ1v) is 9.22. The van der Waals surface area contributed by atoms with Crippen LogP contribution in [-0.2, 0) is 17.7 Å². The molecule has 1 aliphatic rings. The standard InChI is InChI=1S/C20H19N7O2/c1-2-29-20(28)26-10-6-15-14(12-26)17(13(11-21)18(22)25-15)16-5-3-9-27(16)19-23-7-4-8-24-19/h3-5,7-9H,2,6,10,12H2,1H3,(H2,22,25). The number of aromatic nitrogens is 4. The van der Waals surface area contributed by atoms with Gasteiger partial charge in [0.25, 0.3) is 0 Å². The van der Waals surface area contributed by atoms with Crippen molar-refractivity contribution in [3.8, 4) is 23.3 Å². The van der Waals surface area contributed by atoms with Crippen LogP contribution in [0.4, 0.5) is 10.6 Å². The third kappa shape index (κ3) is 3.25. The lowest BCUT2D eigenvalue weighted by molar-refractivity contribution is 0.102. The van der Waals surface area contributed by atoms with Crippen LogP contribution in [0.15, 0.2) is 36.8 Å². The smallest absolute Gasteiger partial charge is 0.410 e. The third-order valence-electron chi connectivity index (χ3n) is 4.79. The van der Waals surface area contributed by atoms with Crippen molar-refractivity contribution < 1.29 is 9.53 Å². The highest BCUT2D eigenvalue weighted by molar-refractivity contribution is 5.79. The summed E-state index contributed by atoms with van der Waals surface area (Å²) >= 11 is 0. The van der Waals surface area contributed by atoms with Crippen molar-refractivity contribution in [3.63, 3.8) is 0 Å². The van der Waals surface area contributed by atoms with E-state index < -0.39 is 0 Å². The summed E-state index contributed by atoms with van der Waals surface area (Å²) in [5, 5.41) is 9.80. The number of nitriles is 1. The van der Waals surface area contributed by atoms with E-state index in [2.05, 4.69) is 21.0 Å². The van der Waals surface area contributed by atoms with Crippen molar-refractivity contribution in [2.24, 2.45) is 0 Å². The number of carbonyl (C=O) groups excluding carboxylic acids is 1. The Labute approximate surface area is 167 Å². The molecule has 0 spiro atoms. The van der Waals surface area contributed by atoms with E-state index in [1.165, 1.54) is 0 Å². The van der Waals surface area contributed by atoms with Crippen LogP contribution in [0.2, 0.25) is 0 Å². The molecule has 9 heteroatoms. The first-order chi connectivity index (χ1) is 14.1. The minimum atomic E-state index is -0.388. The first kappa shape index (κ1) is 18.4. The van der Waals surface area contributed by atoms with Crippen molar-refractivity contribution >= 4 is 11.9 Å². The summed E-state index contributed by atoms with van der Waals surface area (Å²) < 4.78 is 6.94. The van der Waals surface area contributed by atoms with Gasteiger partial charge >= 0.3 is 6.09 Å². The number of ether oxygens (including phenoxy) is 1. The Hall–Kier alpha value is -3.93. The van der Waals surface area contributed by atoms with Gasteiger partial charge in [-0.05, 0) is 25.1 Å². The number of fused-ring (bicyclic) bond motifs is 1. The van der Waals surface area contributed by atoms with Gasteiger partial charge in [-0.25, -0.2) is 19.7 Å². The molecule has 0 aliphatic carbocycles. The van der Waals surface area contributed by atoms with E-state index in [0.717, 1.165) is 11.3 Å². The first-order valence-electron chi connectivity index (χ1n) is 9.22. The molecule has 4 heterocycles. The highest BCUT2D eigenvalue weighted by Crippen LogP contribution is 2.36. The molecule has 146 valence electrons.